The second kappa shape index (κ2) is 10.6. The van der Waals surface area contributed by atoms with Gasteiger partial charge >= 0.3 is 0 Å². The minimum atomic E-state index is -3.99. The van der Waals surface area contributed by atoms with Crippen LogP contribution >= 0.6 is 12.4 Å². The molecule has 1 saturated heterocycles. The van der Waals surface area contributed by atoms with Crippen LogP contribution in [0.3, 0.4) is 0 Å². The molecule has 0 radical (unpaired) electrons. The number of hydrogen-bond donors (Lipinski definition) is 2. The van der Waals surface area contributed by atoms with Crippen molar-refractivity contribution in [1.82, 2.24) is 10.5 Å². The van der Waals surface area contributed by atoms with E-state index in [0.717, 1.165) is 30.6 Å². The first-order valence-corrected chi connectivity index (χ1v) is 11.9. The highest BCUT2D eigenvalue weighted by Crippen LogP contribution is 2.36. The highest BCUT2D eigenvalue weighted by Gasteiger charge is 2.25. The van der Waals surface area contributed by atoms with Crippen LogP contribution in [0.25, 0.3) is 11.0 Å². The number of fused-ring (bicyclic) bond motifs is 1. The van der Waals surface area contributed by atoms with E-state index < -0.39 is 10.0 Å². The Labute approximate surface area is 199 Å². The molecule has 2 heterocycles. The first-order valence-electron chi connectivity index (χ1n) is 10.4. The van der Waals surface area contributed by atoms with Crippen LogP contribution in [0, 0.1) is 0 Å². The van der Waals surface area contributed by atoms with Gasteiger partial charge in [-0.05, 0) is 54.8 Å². The number of sulfonamides is 1. The number of nitrogens with one attached hydrogen (secondary N) is 2. The van der Waals surface area contributed by atoms with Crippen LogP contribution in [-0.2, 0) is 27.8 Å². The van der Waals surface area contributed by atoms with Gasteiger partial charge in [0.2, 0.25) is 0 Å². The van der Waals surface area contributed by atoms with E-state index in [-0.39, 0.29) is 35.0 Å². The summed E-state index contributed by atoms with van der Waals surface area (Å²) in [4.78, 5) is 0.0321. The van der Waals surface area contributed by atoms with E-state index >= 15 is 0 Å². The Balaban J connectivity index is 0.00000306. The molecule has 3 aromatic rings. The van der Waals surface area contributed by atoms with Gasteiger partial charge in [-0.25, -0.2) is 8.42 Å². The number of anilines is 1. The number of benzene rings is 2. The predicted octanol–water partition coefficient (Wildman–Crippen LogP) is 3.51. The van der Waals surface area contributed by atoms with Crippen molar-refractivity contribution in [2.75, 3.05) is 32.0 Å². The SMILES string of the molecule is CCc1ccc(OC)c(S(=O)(=O)Nc2noc3cc(CO[C@@H]4CCNC4)cc(OC)c23)c1.Cl. The number of aromatic nitrogens is 1. The molecule has 0 amide bonds. The summed E-state index contributed by atoms with van der Waals surface area (Å²) in [5.74, 6) is 0.738. The lowest BCUT2D eigenvalue weighted by Crippen LogP contribution is -2.16. The number of rotatable bonds is 9. The molecule has 1 aliphatic rings. The lowest BCUT2D eigenvalue weighted by atomic mass is 10.1. The summed E-state index contributed by atoms with van der Waals surface area (Å²) in [5.41, 5.74) is 2.12. The quantitative estimate of drug-likeness (QED) is 0.462. The van der Waals surface area contributed by atoms with E-state index in [2.05, 4.69) is 15.2 Å². The summed E-state index contributed by atoms with van der Waals surface area (Å²) in [6.45, 7) is 4.12. The van der Waals surface area contributed by atoms with Crippen molar-refractivity contribution in [3.05, 3.63) is 41.5 Å². The first-order chi connectivity index (χ1) is 15.4. The van der Waals surface area contributed by atoms with Crippen LogP contribution in [-0.4, -0.2) is 47.0 Å². The second-order valence-corrected chi connectivity index (χ2v) is 9.22. The van der Waals surface area contributed by atoms with Gasteiger partial charge in [-0.15, -0.1) is 12.4 Å². The van der Waals surface area contributed by atoms with E-state index in [0.29, 0.717) is 29.7 Å². The van der Waals surface area contributed by atoms with Crippen LogP contribution in [0.5, 0.6) is 11.5 Å². The third-order valence-corrected chi connectivity index (χ3v) is 6.84. The molecule has 1 atom stereocenters. The van der Waals surface area contributed by atoms with Crippen molar-refractivity contribution in [3.8, 4) is 11.5 Å². The number of aryl methyl sites for hydroxylation is 1. The van der Waals surface area contributed by atoms with Crippen LogP contribution in [0.15, 0.2) is 39.8 Å². The normalized spacial score (nSPS) is 15.9. The van der Waals surface area contributed by atoms with Crippen molar-refractivity contribution in [2.24, 2.45) is 0 Å². The minimum Gasteiger partial charge on any atom is -0.496 e. The zero-order valence-electron chi connectivity index (χ0n) is 18.7. The Morgan fingerprint density at radius 1 is 1.15 bits per heavy atom. The second-order valence-electron chi connectivity index (χ2n) is 7.57. The third-order valence-electron chi connectivity index (χ3n) is 5.48. The molecule has 0 aliphatic carbocycles. The van der Waals surface area contributed by atoms with Crippen LogP contribution < -0.4 is 19.5 Å². The molecule has 4 rings (SSSR count). The number of ether oxygens (including phenoxy) is 3. The maximum atomic E-state index is 13.2. The van der Waals surface area contributed by atoms with Crippen molar-refractivity contribution >= 4 is 39.2 Å². The van der Waals surface area contributed by atoms with E-state index in [1.807, 2.05) is 13.0 Å². The molecule has 2 aromatic carbocycles. The molecular formula is C22H28ClN3O6S. The third kappa shape index (κ3) is 5.35. The zero-order valence-corrected chi connectivity index (χ0v) is 20.3. The largest absolute Gasteiger partial charge is 0.496 e. The molecule has 33 heavy (non-hydrogen) atoms. The predicted molar refractivity (Wildman–Crippen MR) is 127 cm³/mol. The summed E-state index contributed by atoms with van der Waals surface area (Å²) >= 11 is 0. The Morgan fingerprint density at radius 3 is 2.61 bits per heavy atom. The molecule has 180 valence electrons. The average molecular weight is 498 g/mol. The first kappa shape index (κ1) is 25.1. The van der Waals surface area contributed by atoms with E-state index in [9.17, 15) is 8.42 Å². The fraction of sp³-hybridized carbons (Fsp3) is 0.409. The highest BCUT2D eigenvalue weighted by molar-refractivity contribution is 7.92. The molecular weight excluding hydrogens is 470 g/mol. The summed E-state index contributed by atoms with van der Waals surface area (Å²) in [6.07, 6.45) is 1.83. The topological polar surface area (TPSA) is 112 Å². The Morgan fingerprint density at radius 2 is 1.94 bits per heavy atom. The summed E-state index contributed by atoms with van der Waals surface area (Å²) in [5, 5.41) is 7.65. The lowest BCUT2D eigenvalue weighted by Gasteiger charge is -2.13. The molecule has 1 aromatic heterocycles. The summed E-state index contributed by atoms with van der Waals surface area (Å²) < 4.78 is 51.0. The standard InChI is InChI=1S/C22H27N3O6S.ClH/c1-4-14-5-6-17(28-2)20(11-14)32(26,27)25-22-21-18(29-3)9-15(10-19(21)31-24-22)13-30-16-7-8-23-12-16;/h5-6,9-11,16,23H,4,7-8,12-13H2,1-3H3,(H,24,25);1H/t16-;/m1./s1. The maximum absolute atomic E-state index is 13.2. The maximum Gasteiger partial charge on any atom is 0.266 e. The van der Waals surface area contributed by atoms with Gasteiger partial charge in [0.15, 0.2) is 11.4 Å². The molecule has 0 unspecified atom stereocenters. The van der Waals surface area contributed by atoms with Crippen LogP contribution in [0.4, 0.5) is 5.82 Å². The fourth-order valence-corrected chi connectivity index (χ4v) is 4.95. The lowest BCUT2D eigenvalue weighted by molar-refractivity contribution is 0.0541. The van der Waals surface area contributed by atoms with Gasteiger partial charge in [0.1, 0.15) is 21.8 Å². The zero-order chi connectivity index (χ0) is 22.7. The fourth-order valence-electron chi connectivity index (χ4n) is 3.72. The molecule has 9 nitrogen and oxygen atoms in total. The van der Waals surface area contributed by atoms with E-state index in [4.69, 9.17) is 18.7 Å². The Bertz CT molecular complexity index is 1210. The van der Waals surface area contributed by atoms with Gasteiger partial charge in [0.25, 0.3) is 10.0 Å². The molecule has 1 fully saturated rings. The van der Waals surface area contributed by atoms with Gasteiger partial charge < -0.3 is 24.1 Å². The molecule has 0 bridgehead atoms. The van der Waals surface area contributed by atoms with Crippen molar-refractivity contribution in [2.45, 2.75) is 37.4 Å². The van der Waals surface area contributed by atoms with Gasteiger partial charge in [0, 0.05) is 6.54 Å². The van der Waals surface area contributed by atoms with Crippen molar-refractivity contribution in [1.29, 1.82) is 0 Å². The van der Waals surface area contributed by atoms with Gasteiger partial charge in [0.05, 0.1) is 26.9 Å². The smallest absolute Gasteiger partial charge is 0.266 e. The van der Waals surface area contributed by atoms with Crippen molar-refractivity contribution in [3.63, 3.8) is 0 Å². The number of methoxy groups -OCH3 is 2. The van der Waals surface area contributed by atoms with Gasteiger partial charge in [-0.3, -0.25) is 4.72 Å². The molecule has 1 aliphatic heterocycles. The van der Waals surface area contributed by atoms with Crippen LogP contribution in [0.1, 0.15) is 24.5 Å². The van der Waals surface area contributed by atoms with Gasteiger partial charge in [-0.2, -0.15) is 0 Å². The summed E-state index contributed by atoms with van der Waals surface area (Å²) in [6, 6.07) is 8.65. The van der Waals surface area contributed by atoms with Crippen molar-refractivity contribution < 1.29 is 27.2 Å². The molecule has 0 spiro atoms. The van der Waals surface area contributed by atoms with Crippen LogP contribution in [0.2, 0.25) is 0 Å². The molecule has 2 N–H and O–H groups in total. The summed E-state index contributed by atoms with van der Waals surface area (Å²) in [7, 11) is -1.05. The minimum absolute atomic E-state index is 0. The number of halogens is 1. The highest BCUT2D eigenvalue weighted by atomic mass is 35.5. The molecule has 0 saturated carbocycles. The van der Waals surface area contributed by atoms with E-state index in [1.54, 1.807) is 24.3 Å². The van der Waals surface area contributed by atoms with Gasteiger partial charge in [-0.1, -0.05) is 18.1 Å². The Kier molecular flexibility index (Phi) is 8.06. The number of nitrogens with zero attached hydrogens (tertiary/aromatic N) is 1. The molecule has 11 heteroatoms. The Hall–Kier alpha value is -2.53. The number of hydrogen-bond acceptors (Lipinski definition) is 8. The monoisotopic (exact) mass is 497 g/mol. The van der Waals surface area contributed by atoms with E-state index in [1.165, 1.54) is 14.2 Å². The average Bonchev–Trinajstić information content (AvgIpc) is 3.46.